The van der Waals surface area contributed by atoms with E-state index in [1.807, 2.05) is 10.6 Å². The summed E-state index contributed by atoms with van der Waals surface area (Å²) in [5, 5.41) is 28.9. The zero-order valence-corrected chi connectivity index (χ0v) is 18.7. The second kappa shape index (κ2) is 8.88. The summed E-state index contributed by atoms with van der Waals surface area (Å²) in [6, 6.07) is 10.8. The molecule has 33 heavy (non-hydrogen) atoms. The van der Waals surface area contributed by atoms with Crippen LogP contribution in [0.2, 0.25) is 0 Å². The van der Waals surface area contributed by atoms with E-state index in [2.05, 4.69) is 74.2 Å². The smallest absolute Gasteiger partial charge is 0.178 e. The molecule has 1 fully saturated rings. The molecular weight excluding hydrogens is 416 g/mol. The number of hydrogen-bond donors (Lipinski definition) is 2. The summed E-state index contributed by atoms with van der Waals surface area (Å²) < 4.78 is 3.51. The summed E-state index contributed by atoms with van der Waals surface area (Å²) in [6.07, 6.45) is 9.26. The Kier molecular flexibility index (Phi) is 5.62. The predicted molar refractivity (Wildman–Crippen MR) is 126 cm³/mol. The third-order valence-corrected chi connectivity index (χ3v) is 5.63. The topological polar surface area (TPSA) is 112 Å². The fourth-order valence-corrected chi connectivity index (χ4v) is 3.81. The van der Waals surface area contributed by atoms with Gasteiger partial charge in [0, 0.05) is 17.8 Å². The van der Waals surface area contributed by atoms with Gasteiger partial charge in [-0.3, -0.25) is 4.57 Å². The summed E-state index contributed by atoms with van der Waals surface area (Å²) in [4.78, 5) is 6.58. The number of nitriles is 1. The van der Waals surface area contributed by atoms with Gasteiger partial charge in [0.15, 0.2) is 17.2 Å². The second-order valence-electron chi connectivity index (χ2n) is 8.60. The number of nitrogens with zero attached hydrogens (tertiary/aromatic N) is 8. The molecule has 3 aromatic heterocycles. The molecule has 5 rings (SSSR count). The van der Waals surface area contributed by atoms with Crippen LogP contribution in [0.5, 0.6) is 0 Å². The van der Waals surface area contributed by atoms with Gasteiger partial charge in [0.25, 0.3) is 0 Å². The number of imidazole rings is 1. The average molecular weight is 443 g/mol. The van der Waals surface area contributed by atoms with Crippen molar-refractivity contribution >= 4 is 22.8 Å². The number of benzene rings is 1. The minimum absolute atomic E-state index is 0.397. The van der Waals surface area contributed by atoms with Crippen LogP contribution in [0.1, 0.15) is 30.5 Å². The van der Waals surface area contributed by atoms with Crippen LogP contribution in [0, 0.1) is 11.3 Å². The van der Waals surface area contributed by atoms with E-state index in [1.165, 1.54) is 5.56 Å². The van der Waals surface area contributed by atoms with Crippen LogP contribution >= 0.6 is 0 Å². The lowest BCUT2D eigenvalue weighted by atomic mass is 10.1. The standard InChI is InChI=1S/C23H26N10/c1-31(2)9-3-4-16-5-6-18(10-21(16)32-14-26-27-15-32)29-22-11-20(28-17-7-8-17)23-25-13-19(12-24)33(23)30-22/h5-6,10-11,13-15,17,28H,3-4,7-9H2,1-2H3,(H,29,30). The molecule has 10 nitrogen and oxygen atoms in total. The highest BCUT2D eigenvalue weighted by molar-refractivity contribution is 5.74. The molecule has 10 heteroatoms. The molecule has 1 aliphatic carbocycles. The monoisotopic (exact) mass is 442 g/mol. The number of rotatable bonds is 9. The van der Waals surface area contributed by atoms with Crippen molar-refractivity contribution in [3.63, 3.8) is 0 Å². The fraction of sp³-hybridized carbons (Fsp3) is 0.348. The van der Waals surface area contributed by atoms with Crippen molar-refractivity contribution < 1.29 is 0 Å². The lowest BCUT2D eigenvalue weighted by Crippen LogP contribution is -2.14. The van der Waals surface area contributed by atoms with Gasteiger partial charge in [-0.05, 0) is 64.0 Å². The molecular formula is C23H26N10. The van der Waals surface area contributed by atoms with Gasteiger partial charge in [-0.1, -0.05) is 6.07 Å². The maximum absolute atomic E-state index is 9.46. The van der Waals surface area contributed by atoms with Gasteiger partial charge < -0.3 is 15.5 Å². The van der Waals surface area contributed by atoms with E-state index in [9.17, 15) is 5.26 Å². The largest absolute Gasteiger partial charge is 0.379 e. The van der Waals surface area contributed by atoms with Crippen LogP contribution in [0.25, 0.3) is 11.3 Å². The van der Waals surface area contributed by atoms with Gasteiger partial charge in [0.05, 0.1) is 17.6 Å². The Labute approximate surface area is 191 Å². The highest BCUT2D eigenvalue weighted by atomic mass is 15.3. The molecule has 1 aliphatic rings. The predicted octanol–water partition coefficient (Wildman–Crippen LogP) is 2.99. The minimum Gasteiger partial charge on any atom is -0.379 e. The summed E-state index contributed by atoms with van der Waals surface area (Å²) in [7, 11) is 4.17. The SMILES string of the molecule is CN(C)CCCc1ccc(Nc2cc(NC3CC3)c3ncc(C#N)n3n2)cc1-n1cnnc1. The van der Waals surface area contributed by atoms with Gasteiger partial charge in [-0.25, -0.2) is 4.98 Å². The quantitative estimate of drug-likeness (QED) is 0.407. The molecule has 0 radical (unpaired) electrons. The Balaban J connectivity index is 1.47. The third-order valence-electron chi connectivity index (χ3n) is 5.63. The van der Waals surface area contributed by atoms with Crippen LogP contribution in [0.4, 0.5) is 17.2 Å². The molecule has 4 aromatic rings. The number of hydrogen-bond acceptors (Lipinski definition) is 8. The Hall–Kier alpha value is -3.97. The van der Waals surface area contributed by atoms with E-state index in [4.69, 9.17) is 0 Å². The molecule has 0 bridgehead atoms. The van der Waals surface area contributed by atoms with E-state index in [0.29, 0.717) is 23.2 Å². The third kappa shape index (κ3) is 4.63. The van der Waals surface area contributed by atoms with Crippen LogP contribution in [0.15, 0.2) is 43.1 Å². The van der Waals surface area contributed by atoms with Gasteiger partial charge in [-0.2, -0.15) is 9.78 Å². The van der Waals surface area contributed by atoms with Crippen LogP contribution in [0.3, 0.4) is 0 Å². The molecule has 0 saturated heterocycles. The molecule has 0 atom stereocenters. The molecule has 168 valence electrons. The van der Waals surface area contributed by atoms with Crippen LogP contribution in [-0.4, -0.2) is 60.9 Å². The molecule has 2 N–H and O–H groups in total. The molecule has 1 aromatic carbocycles. The first-order valence-electron chi connectivity index (χ1n) is 11.1. The average Bonchev–Trinajstić information content (AvgIpc) is 3.28. The Bertz CT molecular complexity index is 1300. The van der Waals surface area contributed by atoms with Crippen molar-refractivity contribution in [1.82, 2.24) is 34.3 Å². The Morgan fingerprint density at radius 1 is 1.18 bits per heavy atom. The molecule has 1 saturated carbocycles. The normalized spacial score (nSPS) is 13.4. The van der Waals surface area contributed by atoms with E-state index in [0.717, 1.165) is 49.3 Å². The zero-order valence-electron chi connectivity index (χ0n) is 18.7. The van der Waals surface area contributed by atoms with E-state index in [-0.39, 0.29) is 0 Å². The first-order chi connectivity index (χ1) is 16.1. The Morgan fingerprint density at radius 2 is 2.00 bits per heavy atom. The summed E-state index contributed by atoms with van der Waals surface area (Å²) in [5.41, 5.74) is 5.07. The van der Waals surface area contributed by atoms with Crippen molar-refractivity contribution in [2.75, 3.05) is 31.3 Å². The van der Waals surface area contributed by atoms with Crippen molar-refractivity contribution in [3.8, 4) is 11.8 Å². The molecule has 0 spiro atoms. The van der Waals surface area contributed by atoms with Crippen LogP contribution < -0.4 is 10.6 Å². The lowest BCUT2D eigenvalue weighted by molar-refractivity contribution is 0.400. The van der Waals surface area contributed by atoms with Gasteiger partial charge in [-0.15, -0.1) is 15.3 Å². The lowest BCUT2D eigenvalue weighted by Gasteiger charge is -2.15. The summed E-state index contributed by atoms with van der Waals surface area (Å²) >= 11 is 0. The summed E-state index contributed by atoms with van der Waals surface area (Å²) in [6.45, 7) is 1.02. The maximum atomic E-state index is 9.46. The van der Waals surface area contributed by atoms with E-state index < -0.39 is 0 Å². The minimum atomic E-state index is 0.397. The second-order valence-corrected chi connectivity index (χ2v) is 8.60. The molecule has 0 amide bonds. The zero-order chi connectivity index (χ0) is 22.8. The maximum Gasteiger partial charge on any atom is 0.178 e. The number of anilines is 3. The van der Waals surface area contributed by atoms with Crippen molar-refractivity contribution in [2.24, 2.45) is 0 Å². The number of nitrogens with one attached hydrogen (secondary N) is 2. The van der Waals surface area contributed by atoms with Gasteiger partial charge >= 0.3 is 0 Å². The number of aromatic nitrogens is 6. The molecule has 3 heterocycles. The highest BCUT2D eigenvalue weighted by Gasteiger charge is 2.23. The van der Waals surface area contributed by atoms with E-state index >= 15 is 0 Å². The van der Waals surface area contributed by atoms with Crippen LogP contribution in [-0.2, 0) is 6.42 Å². The van der Waals surface area contributed by atoms with Gasteiger partial charge in [0.2, 0.25) is 0 Å². The highest BCUT2D eigenvalue weighted by Crippen LogP contribution is 2.30. The summed E-state index contributed by atoms with van der Waals surface area (Å²) in [5.74, 6) is 0.634. The number of fused-ring (bicyclic) bond motifs is 1. The first kappa shape index (κ1) is 20.9. The fourth-order valence-electron chi connectivity index (χ4n) is 3.81. The van der Waals surface area contributed by atoms with Crippen molar-refractivity contribution in [2.45, 2.75) is 31.7 Å². The van der Waals surface area contributed by atoms with Crippen molar-refractivity contribution in [1.29, 1.82) is 5.26 Å². The molecule has 0 unspecified atom stereocenters. The van der Waals surface area contributed by atoms with E-state index in [1.54, 1.807) is 23.4 Å². The number of aryl methyl sites for hydroxylation is 1. The molecule has 0 aliphatic heterocycles. The Morgan fingerprint density at radius 3 is 2.73 bits per heavy atom. The van der Waals surface area contributed by atoms with Crippen molar-refractivity contribution in [3.05, 3.63) is 54.4 Å². The van der Waals surface area contributed by atoms with Gasteiger partial charge in [0.1, 0.15) is 18.7 Å². The first-order valence-corrected chi connectivity index (χ1v) is 11.1.